The maximum Gasteiger partial charge on any atom is 0.0795 e. The first-order valence-electron chi connectivity index (χ1n) is 6.38. The number of hydrogen-bond donors (Lipinski definition) is 3. The summed E-state index contributed by atoms with van der Waals surface area (Å²) in [5.41, 5.74) is -0.496. The summed E-state index contributed by atoms with van der Waals surface area (Å²) in [5, 5.41) is 16.7. The van der Waals surface area contributed by atoms with Gasteiger partial charge in [-0.15, -0.1) is 0 Å². The largest absolute Gasteiger partial charge is 0.388 e. The van der Waals surface area contributed by atoms with Crippen LogP contribution in [0.4, 0.5) is 0 Å². The molecule has 1 heterocycles. The highest BCUT2D eigenvalue weighted by Gasteiger charge is 2.28. The molecule has 1 saturated heterocycles. The summed E-state index contributed by atoms with van der Waals surface area (Å²) < 4.78 is 5.45. The Hall–Kier alpha value is -0.160. The van der Waals surface area contributed by atoms with Gasteiger partial charge in [-0.1, -0.05) is 0 Å². The molecule has 3 N–H and O–H groups in total. The molecule has 0 saturated carbocycles. The van der Waals surface area contributed by atoms with Gasteiger partial charge in [-0.05, 0) is 52.7 Å². The minimum absolute atomic E-state index is 0.314. The molecule has 0 unspecified atom stereocenters. The molecule has 0 atom stereocenters. The fraction of sp³-hybridized carbons (Fsp3) is 1.00. The third-order valence-corrected chi connectivity index (χ3v) is 2.94. The lowest BCUT2D eigenvalue weighted by Crippen LogP contribution is -2.48. The van der Waals surface area contributed by atoms with Crippen LogP contribution in [0.3, 0.4) is 0 Å². The summed E-state index contributed by atoms with van der Waals surface area (Å²) in [6, 6.07) is 0. The smallest absolute Gasteiger partial charge is 0.0795 e. The first-order valence-corrected chi connectivity index (χ1v) is 6.38. The summed E-state index contributed by atoms with van der Waals surface area (Å²) in [7, 11) is 0. The lowest BCUT2D eigenvalue weighted by molar-refractivity contribution is 0.0103. The Kier molecular flexibility index (Phi) is 6.28. The number of rotatable bonds is 7. The van der Waals surface area contributed by atoms with Crippen molar-refractivity contribution in [3.8, 4) is 0 Å². The van der Waals surface area contributed by atoms with Crippen LogP contribution in [0.1, 0.15) is 33.1 Å². The summed E-state index contributed by atoms with van der Waals surface area (Å²) in [4.78, 5) is 0. The third-order valence-electron chi connectivity index (χ3n) is 2.94. The molecule has 1 rings (SSSR count). The maximum absolute atomic E-state index is 10.2. The van der Waals surface area contributed by atoms with E-state index in [9.17, 15) is 5.11 Å². The fourth-order valence-electron chi connectivity index (χ4n) is 1.91. The van der Waals surface area contributed by atoms with Crippen LogP contribution in [0.25, 0.3) is 0 Å². The molecule has 4 heteroatoms. The van der Waals surface area contributed by atoms with E-state index in [2.05, 4.69) is 10.6 Å². The van der Waals surface area contributed by atoms with Crippen molar-refractivity contribution >= 4 is 0 Å². The topological polar surface area (TPSA) is 53.5 Å². The molecule has 1 aliphatic heterocycles. The van der Waals surface area contributed by atoms with Gasteiger partial charge in [0.15, 0.2) is 0 Å². The number of ether oxygens (including phenoxy) is 1. The van der Waals surface area contributed by atoms with Gasteiger partial charge in [0.2, 0.25) is 0 Å². The molecule has 1 fully saturated rings. The monoisotopic (exact) mass is 230 g/mol. The van der Waals surface area contributed by atoms with Gasteiger partial charge in [0.25, 0.3) is 0 Å². The van der Waals surface area contributed by atoms with Gasteiger partial charge in [0.05, 0.1) is 11.7 Å². The van der Waals surface area contributed by atoms with Crippen molar-refractivity contribution in [2.75, 3.05) is 32.8 Å². The molecular weight excluding hydrogens is 204 g/mol. The van der Waals surface area contributed by atoms with E-state index in [0.717, 1.165) is 45.5 Å². The second-order valence-corrected chi connectivity index (χ2v) is 4.92. The maximum atomic E-state index is 10.2. The number of hydrogen-bond acceptors (Lipinski definition) is 4. The Labute approximate surface area is 98.8 Å². The van der Waals surface area contributed by atoms with E-state index in [1.165, 1.54) is 0 Å². The van der Waals surface area contributed by atoms with Crippen molar-refractivity contribution in [2.24, 2.45) is 0 Å². The SMILES string of the molecule is CC(C)OCCCNCC1(O)CCNCC1. The zero-order valence-corrected chi connectivity index (χ0v) is 10.6. The van der Waals surface area contributed by atoms with E-state index in [1.807, 2.05) is 13.8 Å². The van der Waals surface area contributed by atoms with Gasteiger partial charge in [-0.2, -0.15) is 0 Å². The summed E-state index contributed by atoms with van der Waals surface area (Å²) >= 11 is 0. The van der Waals surface area contributed by atoms with Crippen LogP contribution in [0.5, 0.6) is 0 Å². The molecule has 1 aliphatic rings. The molecule has 4 nitrogen and oxygen atoms in total. The van der Waals surface area contributed by atoms with Crippen molar-refractivity contribution in [2.45, 2.75) is 44.8 Å². The van der Waals surface area contributed by atoms with Gasteiger partial charge in [-0.3, -0.25) is 0 Å². The normalized spacial score (nSPS) is 20.2. The van der Waals surface area contributed by atoms with E-state index in [4.69, 9.17) is 4.74 Å². The number of piperidine rings is 1. The van der Waals surface area contributed by atoms with Crippen LogP contribution in [-0.4, -0.2) is 49.6 Å². The highest BCUT2D eigenvalue weighted by molar-refractivity contribution is 4.86. The molecule has 0 aliphatic carbocycles. The molecule has 0 amide bonds. The van der Waals surface area contributed by atoms with Gasteiger partial charge < -0.3 is 20.5 Å². The minimum Gasteiger partial charge on any atom is -0.388 e. The van der Waals surface area contributed by atoms with Crippen LogP contribution in [0.2, 0.25) is 0 Å². The Bertz CT molecular complexity index is 180. The Morgan fingerprint density at radius 1 is 1.38 bits per heavy atom. The van der Waals surface area contributed by atoms with Gasteiger partial charge in [-0.25, -0.2) is 0 Å². The van der Waals surface area contributed by atoms with Crippen LogP contribution >= 0.6 is 0 Å². The molecule has 96 valence electrons. The molecule has 0 bridgehead atoms. The van der Waals surface area contributed by atoms with Crippen LogP contribution < -0.4 is 10.6 Å². The molecule has 0 aromatic carbocycles. The van der Waals surface area contributed by atoms with Crippen LogP contribution in [-0.2, 0) is 4.74 Å². The van der Waals surface area contributed by atoms with E-state index >= 15 is 0 Å². The highest BCUT2D eigenvalue weighted by Crippen LogP contribution is 2.16. The minimum atomic E-state index is -0.496. The standard InChI is InChI=1S/C12H26N2O2/c1-11(2)16-9-3-6-14-10-12(15)4-7-13-8-5-12/h11,13-15H,3-10H2,1-2H3. The zero-order chi connectivity index (χ0) is 11.9. The highest BCUT2D eigenvalue weighted by atomic mass is 16.5. The first kappa shape index (κ1) is 13.9. The zero-order valence-electron chi connectivity index (χ0n) is 10.6. The van der Waals surface area contributed by atoms with E-state index < -0.39 is 5.60 Å². The predicted molar refractivity (Wildman–Crippen MR) is 65.6 cm³/mol. The second kappa shape index (κ2) is 7.22. The first-order chi connectivity index (χ1) is 7.62. The van der Waals surface area contributed by atoms with E-state index in [-0.39, 0.29) is 0 Å². The molecule has 0 aromatic rings. The van der Waals surface area contributed by atoms with Gasteiger partial charge in [0.1, 0.15) is 0 Å². The van der Waals surface area contributed by atoms with Gasteiger partial charge in [0, 0.05) is 13.2 Å². The molecule has 0 spiro atoms. The van der Waals surface area contributed by atoms with Crippen molar-refractivity contribution in [1.29, 1.82) is 0 Å². The Morgan fingerprint density at radius 3 is 2.69 bits per heavy atom. The van der Waals surface area contributed by atoms with Gasteiger partial charge >= 0.3 is 0 Å². The average molecular weight is 230 g/mol. The second-order valence-electron chi connectivity index (χ2n) is 4.92. The van der Waals surface area contributed by atoms with Crippen molar-refractivity contribution in [3.63, 3.8) is 0 Å². The lowest BCUT2D eigenvalue weighted by atomic mass is 9.92. The number of aliphatic hydroxyl groups is 1. The summed E-state index contributed by atoms with van der Waals surface area (Å²) in [5.74, 6) is 0. The number of nitrogens with one attached hydrogen (secondary N) is 2. The molecule has 0 aromatic heterocycles. The molecule has 16 heavy (non-hydrogen) atoms. The summed E-state index contributed by atoms with van der Waals surface area (Å²) in [6.07, 6.45) is 3.02. The third kappa shape index (κ3) is 5.80. The van der Waals surface area contributed by atoms with Crippen LogP contribution in [0.15, 0.2) is 0 Å². The van der Waals surface area contributed by atoms with E-state index in [1.54, 1.807) is 0 Å². The predicted octanol–water partition coefficient (Wildman–Crippen LogP) is 0.506. The fourth-order valence-corrected chi connectivity index (χ4v) is 1.91. The van der Waals surface area contributed by atoms with Crippen LogP contribution in [0, 0.1) is 0 Å². The quantitative estimate of drug-likeness (QED) is 0.558. The Balaban J connectivity index is 1.97. The summed E-state index contributed by atoms with van der Waals surface area (Å²) in [6.45, 7) is 8.36. The van der Waals surface area contributed by atoms with Crippen molar-refractivity contribution < 1.29 is 9.84 Å². The average Bonchev–Trinajstić information content (AvgIpc) is 2.24. The van der Waals surface area contributed by atoms with Crippen molar-refractivity contribution in [1.82, 2.24) is 10.6 Å². The lowest BCUT2D eigenvalue weighted by Gasteiger charge is -2.32. The molecular formula is C12H26N2O2. The van der Waals surface area contributed by atoms with E-state index in [0.29, 0.717) is 12.6 Å². The van der Waals surface area contributed by atoms with Crippen molar-refractivity contribution in [3.05, 3.63) is 0 Å². The Morgan fingerprint density at radius 2 is 2.06 bits per heavy atom. The molecule has 0 radical (unpaired) electrons.